The lowest BCUT2D eigenvalue weighted by Gasteiger charge is -2.43. The van der Waals surface area contributed by atoms with Gasteiger partial charge in [0.1, 0.15) is 18.0 Å². The first-order chi connectivity index (χ1) is 21.8. The van der Waals surface area contributed by atoms with Crippen LogP contribution in [-0.4, -0.2) is 106 Å². The maximum atomic E-state index is 12.8. The van der Waals surface area contributed by atoms with Crippen molar-refractivity contribution in [2.24, 2.45) is 17.8 Å². The van der Waals surface area contributed by atoms with Gasteiger partial charge in [-0.05, 0) is 54.0 Å². The van der Waals surface area contributed by atoms with E-state index in [-0.39, 0.29) is 31.1 Å². The number of carbonyl (C=O) groups is 3. The van der Waals surface area contributed by atoms with Gasteiger partial charge >= 0.3 is 17.9 Å². The summed E-state index contributed by atoms with van der Waals surface area (Å²) in [5, 5.41) is 51.8. The molecule has 9 atom stereocenters. The van der Waals surface area contributed by atoms with Gasteiger partial charge in [0, 0.05) is 19.4 Å². The molecule has 1 saturated carbocycles. The molecule has 0 aromatic heterocycles. The van der Waals surface area contributed by atoms with Crippen LogP contribution in [0.15, 0.2) is 42.2 Å². The van der Waals surface area contributed by atoms with Crippen LogP contribution >= 0.6 is 0 Å². The van der Waals surface area contributed by atoms with Crippen LogP contribution in [0.25, 0.3) is 6.08 Å². The molecule has 0 bridgehead atoms. The van der Waals surface area contributed by atoms with E-state index in [1.165, 1.54) is 24.5 Å². The Morgan fingerprint density at radius 3 is 2.41 bits per heavy atom. The monoisotopic (exact) mass is 650 g/mol. The molecule has 14 nitrogen and oxygen atoms in total. The minimum absolute atomic E-state index is 0.0334. The Morgan fingerprint density at radius 2 is 1.78 bits per heavy atom. The predicted molar refractivity (Wildman–Crippen MR) is 157 cm³/mol. The third-order valence-corrected chi connectivity index (χ3v) is 8.23. The van der Waals surface area contributed by atoms with E-state index >= 15 is 0 Å². The number of aliphatic hydroxyl groups is 4. The lowest BCUT2D eigenvalue weighted by atomic mass is 9.81. The number of hydrogen-bond donors (Lipinski definition) is 5. The van der Waals surface area contributed by atoms with E-state index < -0.39 is 85.6 Å². The van der Waals surface area contributed by atoms with Crippen LogP contribution in [0.3, 0.4) is 0 Å². The smallest absolute Gasteiger partial charge is 0.331 e. The van der Waals surface area contributed by atoms with Crippen LogP contribution in [0.1, 0.15) is 45.6 Å². The number of benzene rings is 1. The Morgan fingerprint density at radius 1 is 1.07 bits per heavy atom. The summed E-state index contributed by atoms with van der Waals surface area (Å²) >= 11 is 0. The number of esters is 3. The van der Waals surface area contributed by atoms with Gasteiger partial charge < -0.3 is 54.0 Å². The van der Waals surface area contributed by atoms with Gasteiger partial charge in [0.2, 0.25) is 6.29 Å². The molecule has 2 heterocycles. The fraction of sp³-hybridized carbons (Fsp3) is 0.594. The number of phenols is 1. The molecular formula is C32H42O14. The fourth-order valence-corrected chi connectivity index (χ4v) is 5.99. The highest BCUT2D eigenvalue weighted by molar-refractivity contribution is 5.87. The zero-order chi connectivity index (χ0) is 33.6. The molecule has 14 heteroatoms. The lowest BCUT2D eigenvalue weighted by Crippen LogP contribution is -2.61. The zero-order valence-electron chi connectivity index (χ0n) is 25.9. The molecule has 4 rings (SSSR count). The van der Waals surface area contributed by atoms with Crippen LogP contribution in [0, 0.1) is 17.8 Å². The van der Waals surface area contributed by atoms with E-state index in [1.807, 2.05) is 13.8 Å². The molecule has 0 radical (unpaired) electrons. The van der Waals surface area contributed by atoms with E-state index in [0.29, 0.717) is 17.6 Å². The van der Waals surface area contributed by atoms with E-state index in [9.17, 15) is 39.9 Å². The fourth-order valence-electron chi connectivity index (χ4n) is 5.99. The number of rotatable bonds is 12. The number of aliphatic hydroxyl groups excluding tert-OH is 3. The highest BCUT2D eigenvalue weighted by atomic mass is 16.7. The standard InChI is InChI=1S/C32H42O14/c1-17(2)12-25(38)46-30-26-22(10-11-32(26,40)16-34)20(14-41-30)15-42-31-29(27(39)28(43-18(3)35)23(13-33)44-31)45-24(37)9-6-19-4-7-21(36)8-5-19/h4-9,14,17,22-23,26-31,33-34,36,39-40H,10-13,15-16H2,1-3H3/b9-6+. The largest absolute Gasteiger partial charge is 0.508 e. The number of fused-ring (bicyclic) bond motifs is 1. The Balaban J connectivity index is 1.52. The highest BCUT2D eigenvalue weighted by Crippen LogP contribution is 2.49. The number of ether oxygens (including phenoxy) is 6. The molecule has 46 heavy (non-hydrogen) atoms. The number of hydrogen-bond acceptors (Lipinski definition) is 14. The third-order valence-electron chi connectivity index (χ3n) is 8.23. The van der Waals surface area contributed by atoms with Crippen molar-refractivity contribution >= 4 is 24.0 Å². The van der Waals surface area contributed by atoms with Crippen molar-refractivity contribution in [3.05, 3.63) is 47.7 Å². The Labute approximate surface area is 266 Å². The maximum absolute atomic E-state index is 12.8. The summed E-state index contributed by atoms with van der Waals surface area (Å²) in [5.41, 5.74) is -0.498. The highest BCUT2D eigenvalue weighted by Gasteiger charge is 2.56. The van der Waals surface area contributed by atoms with Crippen molar-refractivity contribution in [3.63, 3.8) is 0 Å². The number of carbonyl (C=O) groups excluding carboxylic acids is 3. The minimum Gasteiger partial charge on any atom is -0.508 e. The predicted octanol–water partition coefficient (Wildman–Crippen LogP) is 0.923. The molecule has 0 spiro atoms. The molecule has 3 aliphatic rings. The summed E-state index contributed by atoms with van der Waals surface area (Å²) in [6.07, 6.45) is -3.81. The van der Waals surface area contributed by atoms with Gasteiger partial charge in [0.15, 0.2) is 18.5 Å². The molecule has 1 aromatic carbocycles. The lowest BCUT2D eigenvalue weighted by molar-refractivity contribution is -0.304. The van der Waals surface area contributed by atoms with Crippen LogP contribution in [0.5, 0.6) is 5.75 Å². The molecule has 254 valence electrons. The second-order valence-corrected chi connectivity index (χ2v) is 12.1. The summed E-state index contributed by atoms with van der Waals surface area (Å²) in [6.45, 7) is 3.35. The van der Waals surface area contributed by atoms with Crippen LogP contribution in [0.2, 0.25) is 0 Å². The second kappa shape index (κ2) is 15.4. The van der Waals surface area contributed by atoms with Crippen molar-refractivity contribution in [1.29, 1.82) is 0 Å². The summed E-state index contributed by atoms with van der Waals surface area (Å²) < 4.78 is 33.8. The maximum Gasteiger partial charge on any atom is 0.331 e. The van der Waals surface area contributed by atoms with Crippen LogP contribution < -0.4 is 0 Å². The first-order valence-corrected chi connectivity index (χ1v) is 15.1. The summed E-state index contributed by atoms with van der Waals surface area (Å²) in [4.78, 5) is 37.0. The Kier molecular flexibility index (Phi) is 11.8. The molecule has 9 unspecified atom stereocenters. The van der Waals surface area contributed by atoms with Gasteiger partial charge in [0.25, 0.3) is 0 Å². The van der Waals surface area contributed by atoms with Gasteiger partial charge in [-0.1, -0.05) is 26.0 Å². The minimum atomic E-state index is -1.66. The van der Waals surface area contributed by atoms with Crippen molar-refractivity contribution in [2.75, 3.05) is 19.8 Å². The molecule has 5 N–H and O–H groups in total. The zero-order valence-corrected chi connectivity index (χ0v) is 25.9. The summed E-state index contributed by atoms with van der Waals surface area (Å²) in [7, 11) is 0. The number of aromatic hydroxyl groups is 1. The molecule has 1 aromatic rings. The van der Waals surface area contributed by atoms with E-state index in [2.05, 4.69) is 0 Å². The van der Waals surface area contributed by atoms with Gasteiger partial charge in [-0.2, -0.15) is 0 Å². The normalized spacial score (nSPS) is 32.4. The average Bonchev–Trinajstić information content (AvgIpc) is 3.36. The van der Waals surface area contributed by atoms with Gasteiger partial charge in [-0.3, -0.25) is 9.59 Å². The Hall–Kier alpha value is -3.53. The van der Waals surface area contributed by atoms with E-state index in [1.54, 1.807) is 12.1 Å². The molecular weight excluding hydrogens is 608 g/mol. The Bertz CT molecular complexity index is 1280. The first kappa shape index (κ1) is 35.3. The van der Waals surface area contributed by atoms with Gasteiger partial charge in [0.05, 0.1) is 37.6 Å². The summed E-state index contributed by atoms with van der Waals surface area (Å²) in [6, 6.07) is 6.00. The third kappa shape index (κ3) is 8.43. The van der Waals surface area contributed by atoms with Crippen molar-refractivity contribution < 1.29 is 68.3 Å². The molecule has 2 fully saturated rings. The molecule has 1 aliphatic carbocycles. The van der Waals surface area contributed by atoms with E-state index in [4.69, 9.17) is 28.4 Å². The molecule has 1 saturated heterocycles. The van der Waals surface area contributed by atoms with Crippen LogP contribution in [-0.2, 0) is 42.8 Å². The van der Waals surface area contributed by atoms with Crippen molar-refractivity contribution in [2.45, 2.75) is 82.6 Å². The van der Waals surface area contributed by atoms with Crippen LogP contribution in [0.4, 0.5) is 0 Å². The van der Waals surface area contributed by atoms with Gasteiger partial charge in [-0.15, -0.1) is 0 Å². The quantitative estimate of drug-likeness (QED) is 0.121. The molecule has 2 aliphatic heterocycles. The van der Waals surface area contributed by atoms with Gasteiger partial charge in [-0.25, -0.2) is 4.79 Å². The summed E-state index contributed by atoms with van der Waals surface area (Å²) in [5.74, 6) is -3.34. The topological polar surface area (TPSA) is 208 Å². The van der Waals surface area contributed by atoms with E-state index in [0.717, 1.165) is 13.0 Å². The van der Waals surface area contributed by atoms with Crippen molar-refractivity contribution in [1.82, 2.24) is 0 Å². The SMILES string of the molecule is CC(=O)OC1C(CO)OC(OCC2=COC(OC(=O)CC(C)C)C3C2CCC3(O)CO)C(OC(=O)/C=C/c2ccc(O)cc2)C1O. The van der Waals surface area contributed by atoms with Crippen molar-refractivity contribution in [3.8, 4) is 5.75 Å². The average molecular weight is 651 g/mol. The first-order valence-electron chi connectivity index (χ1n) is 15.1. The number of phenolic OH excluding ortho intramolecular Hbond substituents is 1. The second-order valence-electron chi connectivity index (χ2n) is 12.1. The molecule has 0 amide bonds.